The number of hydrogen-bond donors (Lipinski definition) is 2. The summed E-state index contributed by atoms with van der Waals surface area (Å²) in [6.07, 6.45) is 0.328. The maximum Gasteiger partial charge on any atom is 0.408 e. The summed E-state index contributed by atoms with van der Waals surface area (Å²) in [5.41, 5.74) is 0.00987. The van der Waals surface area contributed by atoms with Crippen molar-refractivity contribution in [1.82, 2.24) is 4.90 Å². The number of aliphatic hydroxyl groups excluding tert-OH is 1. The van der Waals surface area contributed by atoms with Crippen LogP contribution in [0.15, 0.2) is 12.1 Å². The second-order valence-corrected chi connectivity index (χ2v) is 5.41. The molecule has 23 heavy (non-hydrogen) atoms. The molecule has 8 heteroatoms. The van der Waals surface area contributed by atoms with E-state index in [-0.39, 0.29) is 25.4 Å². The molecule has 0 saturated carbocycles. The van der Waals surface area contributed by atoms with Crippen molar-refractivity contribution in [1.29, 1.82) is 0 Å². The zero-order valence-corrected chi connectivity index (χ0v) is 12.3. The number of carboxylic acid groups (broad SMARTS) is 1. The molecule has 0 aliphatic carbocycles. The molecule has 0 radical (unpaired) electrons. The minimum absolute atomic E-state index is 0.00153. The van der Waals surface area contributed by atoms with Crippen molar-refractivity contribution in [3.05, 3.63) is 35.1 Å². The lowest BCUT2D eigenvalue weighted by Gasteiger charge is -2.40. The Balaban J connectivity index is 2.26. The Labute approximate surface area is 131 Å². The Bertz CT molecular complexity index is 547. The molecule has 2 rings (SSSR count). The molecule has 2 N–H and O–H groups in total. The quantitative estimate of drug-likeness (QED) is 0.642. The number of amides is 1. The Hall–Kier alpha value is -1.80. The average molecular weight is 333 g/mol. The van der Waals surface area contributed by atoms with E-state index >= 15 is 0 Å². The molecule has 0 spiro atoms. The summed E-state index contributed by atoms with van der Waals surface area (Å²) in [4.78, 5) is 12.7. The predicted molar refractivity (Wildman–Crippen MR) is 74.5 cm³/mol. The molecule has 1 aromatic rings. The molecule has 1 aliphatic heterocycles. The van der Waals surface area contributed by atoms with Crippen molar-refractivity contribution in [3.8, 4) is 0 Å². The van der Waals surface area contributed by atoms with Crippen molar-refractivity contribution in [2.24, 2.45) is 0 Å². The molecule has 5 nitrogen and oxygen atoms in total. The molecule has 1 heterocycles. The lowest BCUT2D eigenvalue weighted by molar-refractivity contribution is -0.0420. The number of aliphatic hydroxyl groups is 1. The Morgan fingerprint density at radius 2 is 1.87 bits per heavy atom. The SMILES string of the molecule is O=C(O)N1[C@H](CCCCO)COC[C@@H]1c1cc(F)c(F)c(F)c1. The van der Waals surface area contributed by atoms with Crippen LogP contribution in [0.4, 0.5) is 18.0 Å². The molecule has 0 unspecified atom stereocenters. The molecule has 1 saturated heterocycles. The number of halogens is 3. The van der Waals surface area contributed by atoms with Crippen LogP contribution in [-0.2, 0) is 4.74 Å². The van der Waals surface area contributed by atoms with Crippen LogP contribution in [0, 0.1) is 17.5 Å². The van der Waals surface area contributed by atoms with E-state index in [4.69, 9.17) is 9.84 Å². The van der Waals surface area contributed by atoms with Gasteiger partial charge in [0.2, 0.25) is 0 Å². The van der Waals surface area contributed by atoms with Gasteiger partial charge in [0.25, 0.3) is 0 Å². The molecule has 2 atom stereocenters. The van der Waals surface area contributed by atoms with Gasteiger partial charge in [0, 0.05) is 6.61 Å². The first kappa shape index (κ1) is 17.6. The first-order chi connectivity index (χ1) is 11.0. The number of benzene rings is 1. The number of ether oxygens (including phenoxy) is 1. The van der Waals surface area contributed by atoms with Gasteiger partial charge in [-0.2, -0.15) is 0 Å². The minimum Gasteiger partial charge on any atom is -0.465 e. The van der Waals surface area contributed by atoms with Gasteiger partial charge in [-0.15, -0.1) is 0 Å². The summed E-state index contributed by atoms with van der Waals surface area (Å²) in [7, 11) is 0. The van der Waals surface area contributed by atoms with Crippen LogP contribution in [-0.4, -0.2) is 47.1 Å². The highest BCUT2D eigenvalue weighted by atomic mass is 19.2. The van der Waals surface area contributed by atoms with Gasteiger partial charge in [0.1, 0.15) is 0 Å². The predicted octanol–water partition coefficient (Wildman–Crippen LogP) is 2.69. The number of rotatable bonds is 5. The fraction of sp³-hybridized carbons (Fsp3) is 0.533. The highest BCUT2D eigenvalue weighted by molar-refractivity contribution is 5.66. The monoisotopic (exact) mass is 333 g/mol. The van der Waals surface area contributed by atoms with Gasteiger partial charge in [0.05, 0.1) is 25.3 Å². The van der Waals surface area contributed by atoms with E-state index < -0.39 is 35.6 Å². The third-order valence-electron chi connectivity index (χ3n) is 3.87. The number of carbonyl (C=O) groups is 1. The molecule has 1 amide bonds. The largest absolute Gasteiger partial charge is 0.465 e. The fourth-order valence-corrected chi connectivity index (χ4v) is 2.76. The van der Waals surface area contributed by atoms with Crippen molar-refractivity contribution in [3.63, 3.8) is 0 Å². The summed E-state index contributed by atoms with van der Waals surface area (Å²) in [6.45, 7) is 0.103. The molecule has 0 aromatic heterocycles. The van der Waals surface area contributed by atoms with Crippen molar-refractivity contribution in [2.75, 3.05) is 19.8 Å². The summed E-state index contributed by atoms with van der Waals surface area (Å²) < 4.78 is 45.3. The Kier molecular flexibility index (Phi) is 5.84. The van der Waals surface area contributed by atoms with E-state index in [9.17, 15) is 23.1 Å². The summed E-state index contributed by atoms with van der Waals surface area (Å²) in [5.74, 6) is -4.33. The smallest absolute Gasteiger partial charge is 0.408 e. The van der Waals surface area contributed by atoms with Gasteiger partial charge in [-0.05, 0) is 37.0 Å². The van der Waals surface area contributed by atoms with Gasteiger partial charge in [-0.3, -0.25) is 4.90 Å². The maximum atomic E-state index is 13.4. The first-order valence-electron chi connectivity index (χ1n) is 7.30. The van der Waals surface area contributed by atoms with Crippen molar-refractivity contribution < 1.29 is 32.9 Å². The third kappa shape index (κ3) is 3.94. The van der Waals surface area contributed by atoms with Crippen molar-refractivity contribution >= 4 is 6.09 Å². The van der Waals surface area contributed by atoms with E-state index in [2.05, 4.69) is 0 Å². The molecule has 1 aliphatic rings. The van der Waals surface area contributed by atoms with Gasteiger partial charge in [-0.1, -0.05) is 0 Å². The topological polar surface area (TPSA) is 70.0 Å². The molecule has 0 bridgehead atoms. The first-order valence-corrected chi connectivity index (χ1v) is 7.30. The second kappa shape index (κ2) is 7.65. The fourth-order valence-electron chi connectivity index (χ4n) is 2.76. The normalized spacial score (nSPS) is 21.5. The lowest BCUT2D eigenvalue weighted by atomic mass is 9.99. The van der Waals surface area contributed by atoms with Crippen LogP contribution in [0.3, 0.4) is 0 Å². The van der Waals surface area contributed by atoms with Crippen molar-refractivity contribution in [2.45, 2.75) is 31.3 Å². The van der Waals surface area contributed by atoms with E-state index in [1.54, 1.807) is 0 Å². The van der Waals surface area contributed by atoms with Crippen LogP contribution >= 0.6 is 0 Å². The highest BCUT2D eigenvalue weighted by Crippen LogP contribution is 2.31. The summed E-state index contributed by atoms with van der Waals surface area (Å²) in [5, 5.41) is 18.3. The number of nitrogens with zero attached hydrogens (tertiary/aromatic N) is 1. The standard InChI is InChI=1S/C15H18F3NO4/c16-11-5-9(6-12(17)14(11)18)13-8-23-7-10(3-1-2-4-20)19(13)15(21)22/h5-6,10,13,20H,1-4,7-8H2,(H,21,22)/t10-,13-/m1/s1. The number of morpholine rings is 1. The summed E-state index contributed by atoms with van der Waals surface area (Å²) in [6, 6.07) is 0.177. The molecule has 128 valence electrons. The number of unbranched alkanes of at least 4 members (excludes halogenated alkanes) is 1. The second-order valence-electron chi connectivity index (χ2n) is 5.41. The van der Waals surface area contributed by atoms with E-state index in [0.29, 0.717) is 19.3 Å². The maximum absolute atomic E-state index is 13.4. The van der Waals surface area contributed by atoms with Gasteiger partial charge < -0.3 is 14.9 Å². The molecule has 1 aromatic carbocycles. The van der Waals surface area contributed by atoms with E-state index in [0.717, 1.165) is 17.0 Å². The average Bonchev–Trinajstić information content (AvgIpc) is 2.52. The van der Waals surface area contributed by atoms with E-state index in [1.165, 1.54) is 0 Å². The number of hydrogen-bond acceptors (Lipinski definition) is 3. The summed E-state index contributed by atoms with van der Waals surface area (Å²) >= 11 is 0. The van der Waals surface area contributed by atoms with Crippen LogP contribution < -0.4 is 0 Å². The van der Waals surface area contributed by atoms with Crippen LogP contribution in [0.2, 0.25) is 0 Å². The van der Waals surface area contributed by atoms with Gasteiger partial charge in [-0.25, -0.2) is 18.0 Å². The van der Waals surface area contributed by atoms with Crippen LogP contribution in [0.25, 0.3) is 0 Å². The zero-order valence-electron chi connectivity index (χ0n) is 12.3. The molecular weight excluding hydrogens is 315 g/mol. The van der Waals surface area contributed by atoms with Gasteiger partial charge >= 0.3 is 6.09 Å². The Morgan fingerprint density at radius 3 is 2.43 bits per heavy atom. The van der Waals surface area contributed by atoms with Gasteiger partial charge in [0.15, 0.2) is 17.5 Å². The molecular formula is C15H18F3NO4. The minimum atomic E-state index is -1.59. The lowest BCUT2D eigenvalue weighted by Crippen LogP contribution is -2.50. The highest BCUT2D eigenvalue weighted by Gasteiger charge is 2.36. The van der Waals surface area contributed by atoms with Crippen LogP contribution in [0.1, 0.15) is 30.9 Å². The Morgan fingerprint density at radius 1 is 1.22 bits per heavy atom. The zero-order chi connectivity index (χ0) is 17.0. The van der Waals surface area contributed by atoms with Crippen LogP contribution in [0.5, 0.6) is 0 Å². The third-order valence-corrected chi connectivity index (χ3v) is 3.87. The van der Waals surface area contributed by atoms with E-state index in [1.807, 2.05) is 0 Å². The molecule has 1 fully saturated rings.